The Morgan fingerprint density at radius 3 is 1.77 bits per heavy atom. The van der Waals surface area contributed by atoms with Crippen LogP contribution in [0.15, 0.2) is 11.3 Å². The van der Waals surface area contributed by atoms with Crippen molar-refractivity contribution in [2.45, 2.75) is 38.9 Å². The van der Waals surface area contributed by atoms with Gasteiger partial charge >= 0.3 is 0 Å². The van der Waals surface area contributed by atoms with Crippen LogP contribution < -0.4 is 0 Å². The summed E-state index contributed by atoms with van der Waals surface area (Å²) >= 11 is 11.7. The molecular weight excluding hydrogens is 219 g/mol. The molecule has 0 spiro atoms. The summed E-state index contributed by atoms with van der Waals surface area (Å²) in [5, 5.41) is 1.46. The minimum atomic E-state index is -1.22. The second kappa shape index (κ2) is 6.91. The normalized spacial score (nSPS) is 13.5. The number of allylic oxidation sites excluding steroid dienone is 2. The zero-order valence-corrected chi connectivity index (χ0v) is 11.4. The average molecular weight is 239 g/mol. The first kappa shape index (κ1) is 13.5. The molecule has 0 N–H and O–H groups in total. The quantitative estimate of drug-likeness (QED) is 0.475. The lowest BCUT2D eigenvalue weighted by molar-refractivity contribution is 1.16. The molecular formula is C10H20Cl2Si. The van der Waals surface area contributed by atoms with Crippen LogP contribution >= 0.6 is 23.2 Å². The highest BCUT2D eigenvalue weighted by atomic mass is 35.5. The molecule has 0 aromatic heterocycles. The second-order valence-corrected chi connectivity index (χ2v) is 9.26. The molecule has 0 aliphatic rings. The fourth-order valence-corrected chi connectivity index (χ4v) is 6.89. The van der Waals surface area contributed by atoms with Crippen LogP contribution in [0.25, 0.3) is 0 Å². The maximum absolute atomic E-state index is 5.97. The average Bonchev–Trinajstić information content (AvgIpc) is 2.19. The monoisotopic (exact) mass is 238 g/mol. The van der Waals surface area contributed by atoms with Crippen molar-refractivity contribution in [3.05, 3.63) is 11.3 Å². The van der Waals surface area contributed by atoms with Gasteiger partial charge in [-0.25, -0.2) is 0 Å². The van der Waals surface area contributed by atoms with E-state index in [1.807, 2.05) is 0 Å². The lowest BCUT2D eigenvalue weighted by Gasteiger charge is -2.30. The van der Waals surface area contributed by atoms with Crippen molar-refractivity contribution >= 4 is 31.3 Å². The molecule has 0 aliphatic carbocycles. The third-order valence-corrected chi connectivity index (χ3v) is 9.65. The molecule has 0 unspecified atom stereocenters. The molecule has 0 bridgehead atoms. The fourth-order valence-electron chi connectivity index (χ4n) is 1.94. The van der Waals surface area contributed by atoms with E-state index in [9.17, 15) is 0 Å². The van der Waals surface area contributed by atoms with E-state index in [-0.39, 0.29) is 0 Å². The largest absolute Gasteiger partial charge is 0.122 e. The fraction of sp³-hybridized carbons (Fsp3) is 0.800. The summed E-state index contributed by atoms with van der Waals surface area (Å²) in [7, 11) is -1.22. The minimum Gasteiger partial charge on any atom is -0.122 e. The molecule has 0 nitrogen and oxygen atoms in total. The van der Waals surface area contributed by atoms with Crippen LogP contribution in [0.2, 0.25) is 18.1 Å². The predicted molar refractivity (Wildman–Crippen MR) is 66.7 cm³/mol. The Hall–Kier alpha value is 0.537. The smallest absolute Gasteiger partial charge is 0.0819 e. The van der Waals surface area contributed by atoms with Gasteiger partial charge in [0.2, 0.25) is 0 Å². The number of rotatable bonds is 6. The number of halogens is 2. The van der Waals surface area contributed by atoms with Gasteiger partial charge in [-0.3, -0.25) is 0 Å². The highest BCUT2D eigenvalue weighted by molar-refractivity contribution is 6.87. The zero-order chi connectivity index (χ0) is 10.3. The third kappa shape index (κ3) is 3.30. The van der Waals surface area contributed by atoms with Crippen molar-refractivity contribution in [3.8, 4) is 0 Å². The number of hydrogen-bond donors (Lipinski definition) is 0. The maximum Gasteiger partial charge on any atom is 0.0819 e. The molecule has 0 saturated heterocycles. The summed E-state index contributed by atoms with van der Waals surface area (Å²) in [4.78, 5) is 0. The highest BCUT2D eigenvalue weighted by Gasteiger charge is 2.30. The molecule has 0 saturated carbocycles. The Morgan fingerprint density at radius 2 is 1.54 bits per heavy atom. The summed E-state index contributed by atoms with van der Waals surface area (Å²) in [6.45, 7) is 6.86. The van der Waals surface area contributed by atoms with E-state index in [1.54, 1.807) is 0 Å². The summed E-state index contributed by atoms with van der Waals surface area (Å²) in [5.74, 6) is 1.28. The van der Waals surface area contributed by atoms with E-state index in [0.717, 1.165) is 0 Å². The van der Waals surface area contributed by atoms with Gasteiger partial charge in [-0.1, -0.05) is 50.2 Å². The van der Waals surface area contributed by atoms with Gasteiger partial charge in [0, 0.05) is 11.8 Å². The van der Waals surface area contributed by atoms with Crippen molar-refractivity contribution in [2.75, 3.05) is 11.8 Å². The SMILES string of the molecule is CC[Si](CC)(CC)/C(=C\CCl)CCl. The van der Waals surface area contributed by atoms with Gasteiger partial charge in [-0.2, -0.15) is 0 Å². The Balaban J connectivity index is 4.76. The van der Waals surface area contributed by atoms with Gasteiger partial charge in [0.05, 0.1) is 8.07 Å². The van der Waals surface area contributed by atoms with Crippen molar-refractivity contribution in [1.82, 2.24) is 0 Å². The Kier molecular flexibility index (Phi) is 7.20. The molecule has 0 fully saturated rings. The molecule has 0 aromatic carbocycles. The van der Waals surface area contributed by atoms with Gasteiger partial charge < -0.3 is 0 Å². The van der Waals surface area contributed by atoms with E-state index >= 15 is 0 Å². The van der Waals surface area contributed by atoms with Crippen LogP contribution in [0.4, 0.5) is 0 Å². The lowest BCUT2D eigenvalue weighted by atomic mass is 10.6. The topological polar surface area (TPSA) is 0 Å². The molecule has 0 heterocycles. The molecule has 0 rings (SSSR count). The summed E-state index contributed by atoms with van der Waals surface area (Å²) in [6.07, 6.45) is 2.14. The van der Waals surface area contributed by atoms with E-state index in [1.165, 1.54) is 23.3 Å². The van der Waals surface area contributed by atoms with Crippen LogP contribution in [0, 0.1) is 0 Å². The van der Waals surface area contributed by atoms with Crippen LogP contribution in [-0.2, 0) is 0 Å². The van der Waals surface area contributed by atoms with Crippen molar-refractivity contribution in [3.63, 3.8) is 0 Å². The Labute approximate surface area is 93.3 Å². The first-order valence-corrected chi connectivity index (χ1v) is 8.71. The van der Waals surface area contributed by atoms with Crippen molar-refractivity contribution in [2.24, 2.45) is 0 Å². The van der Waals surface area contributed by atoms with Gasteiger partial charge in [0.1, 0.15) is 0 Å². The minimum absolute atomic E-state index is 0.608. The maximum atomic E-state index is 5.97. The van der Waals surface area contributed by atoms with Crippen molar-refractivity contribution in [1.29, 1.82) is 0 Å². The summed E-state index contributed by atoms with van der Waals surface area (Å²) in [6, 6.07) is 3.86. The molecule has 78 valence electrons. The van der Waals surface area contributed by atoms with E-state index in [0.29, 0.717) is 11.8 Å². The number of hydrogen-bond acceptors (Lipinski definition) is 0. The molecule has 0 aliphatic heterocycles. The Morgan fingerprint density at radius 1 is 1.08 bits per heavy atom. The van der Waals surface area contributed by atoms with Crippen LogP contribution in [0.1, 0.15) is 20.8 Å². The van der Waals surface area contributed by atoms with Gasteiger partial charge in [-0.15, -0.1) is 23.2 Å². The molecule has 0 atom stereocenters. The first-order valence-electron chi connectivity index (χ1n) is 5.02. The predicted octanol–water partition coefficient (Wildman–Crippen LogP) is 4.44. The summed E-state index contributed by atoms with van der Waals surface area (Å²) < 4.78 is 0. The van der Waals surface area contributed by atoms with Gasteiger partial charge in [-0.05, 0) is 0 Å². The summed E-state index contributed by atoms with van der Waals surface area (Å²) in [5.41, 5.74) is 0. The van der Waals surface area contributed by atoms with Crippen LogP contribution in [-0.4, -0.2) is 19.8 Å². The Bertz CT molecular complexity index is 154. The van der Waals surface area contributed by atoms with Crippen LogP contribution in [0.5, 0.6) is 0 Å². The van der Waals surface area contributed by atoms with Gasteiger partial charge in [0.15, 0.2) is 0 Å². The van der Waals surface area contributed by atoms with Crippen LogP contribution in [0.3, 0.4) is 0 Å². The zero-order valence-electron chi connectivity index (χ0n) is 8.87. The van der Waals surface area contributed by atoms with E-state index in [2.05, 4.69) is 26.8 Å². The molecule has 3 heteroatoms. The molecule has 0 amide bonds. The molecule has 13 heavy (non-hydrogen) atoms. The highest BCUT2D eigenvalue weighted by Crippen LogP contribution is 2.29. The van der Waals surface area contributed by atoms with Gasteiger partial charge in [0.25, 0.3) is 0 Å². The van der Waals surface area contributed by atoms with E-state index in [4.69, 9.17) is 23.2 Å². The standard InChI is InChI=1S/C10H20Cl2Si/c1-4-13(5-2,6-3)10(9-12)7-8-11/h7H,4-6,8-9H2,1-3H3/b10-7-. The second-order valence-electron chi connectivity index (χ2n) is 3.36. The van der Waals surface area contributed by atoms with E-state index < -0.39 is 8.07 Å². The third-order valence-electron chi connectivity index (χ3n) is 3.18. The molecule has 0 aromatic rings. The molecule has 0 radical (unpaired) electrons. The lowest BCUT2D eigenvalue weighted by Crippen LogP contribution is -2.35. The number of alkyl halides is 2. The van der Waals surface area contributed by atoms with Crippen molar-refractivity contribution < 1.29 is 0 Å². The first-order chi connectivity index (χ1) is 6.20.